The van der Waals surface area contributed by atoms with E-state index < -0.39 is 0 Å². The summed E-state index contributed by atoms with van der Waals surface area (Å²) in [7, 11) is 4.05. The van der Waals surface area contributed by atoms with E-state index in [1.165, 1.54) is 0 Å². The van der Waals surface area contributed by atoms with E-state index in [-0.39, 0.29) is 49.6 Å². The maximum atomic E-state index is 6.20. The number of anilines is 3. The summed E-state index contributed by atoms with van der Waals surface area (Å²) in [6, 6.07) is 8.36. The summed E-state index contributed by atoms with van der Waals surface area (Å²) in [6.07, 6.45) is 1.74. The van der Waals surface area contributed by atoms with E-state index in [0.29, 0.717) is 23.2 Å². The molecule has 184 valence electrons. The molecule has 2 aromatic rings. The molecule has 1 aliphatic heterocycles. The second-order valence-corrected chi connectivity index (χ2v) is 8.35. The number of nitrogen functional groups attached to an aromatic ring is 2. The van der Waals surface area contributed by atoms with Crippen LogP contribution in [-0.4, -0.2) is 67.4 Å². The molecule has 1 saturated heterocycles. The first-order valence-corrected chi connectivity index (χ1v) is 10.8. The minimum atomic E-state index is 0. The molecule has 1 aromatic carbocycles. The zero-order valence-electron chi connectivity index (χ0n) is 18.5. The smallest absolute Gasteiger partial charge is 0.191 e. The third-order valence-corrected chi connectivity index (χ3v) is 5.88. The van der Waals surface area contributed by atoms with Crippen molar-refractivity contribution in [1.29, 1.82) is 0 Å². The molecule has 1 aliphatic rings. The minimum Gasteiger partial charge on any atom is -0.383 e. The molecule has 32 heavy (non-hydrogen) atoms. The number of halogens is 4. The molecule has 1 aromatic heterocycles. The van der Waals surface area contributed by atoms with Gasteiger partial charge in [-0.25, -0.2) is 9.97 Å². The average molecular weight is 547 g/mol. The van der Waals surface area contributed by atoms with Crippen LogP contribution in [0.4, 0.5) is 17.3 Å². The lowest BCUT2D eigenvalue weighted by molar-refractivity contribution is 0.242. The standard InChI is InChI=1S/C20H31N7S.4ClH/c1-26(2)16-6-4-15(5-7-16)14-17-18(21)24-20(25-19(17)22)28-13-3-10-27-11-8-23-9-12-27;;;;/h4-7,23H,3,8-14H2,1-2H3,(H4,21,22,24,25);4*1H. The summed E-state index contributed by atoms with van der Waals surface area (Å²) in [5.41, 5.74) is 15.5. The monoisotopic (exact) mass is 545 g/mol. The number of benzene rings is 1. The van der Waals surface area contributed by atoms with Gasteiger partial charge in [0.2, 0.25) is 0 Å². The summed E-state index contributed by atoms with van der Waals surface area (Å²) < 4.78 is 0. The number of nitrogens with zero attached hydrogens (tertiary/aromatic N) is 4. The van der Waals surface area contributed by atoms with E-state index in [9.17, 15) is 0 Å². The molecule has 2 heterocycles. The Labute approximate surface area is 220 Å². The fourth-order valence-electron chi connectivity index (χ4n) is 3.25. The first-order valence-electron chi connectivity index (χ1n) is 9.77. The van der Waals surface area contributed by atoms with Crippen LogP contribution in [-0.2, 0) is 6.42 Å². The Balaban J connectivity index is 0. The molecule has 0 spiro atoms. The lowest BCUT2D eigenvalue weighted by atomic mass is 10.1. The Kier molecular flexibility index (Phi) is 17.4. The van der Waals surface area contributed by atoms with Gasteiger partial charge in [0.1, 0.15) is 11.6 Å². The minimum absolute atomic E-state index is 0. The average Bonchev–Trinajstić information content (AvgIpc) is 2.69. The van der Waals surface area contributed by atoms with Gasteiger partial charge in [-0.3, -0.25) is 0 Å². The molecule has 0 unspecified atom stereocenters. The molecule has 7 nitrogen and oxygen atoms in total. The molecule has 5 N–H and O–H groups in total. The van der Waals surface area contributed by atoms with Gasteiger partial charge in [-0.15, -0.1) is 49.6 Å². The van der Waals surface area contributed by atoms with Crippen molar-refractivity contribution in [2.45, 2.75) is 18.0 Å². The van der Waals surface area contributed by atoms with Crippen LogP contribution in [0.25, 0.3) is 0 Å². The Morgan fingerprint density at radius 3 is 2.06 bits per heavy atom. The van der Waals surface area contributed by atoms with Gasteiger partial charge in [0.15, 0.2) is 5.16 Å². The summed E-state index contributed by atoms with van der Waals surface area (Å²) in [5, 5.41) is 4.05. The molecule has 0 amide bonds. The van der Waals surface area contributed by atoms with Gasteiger partial charge in [0.05, 0.1) is 0 Å². The fraction of sp³-hybridized carbons (Fsp3) is 0.500. The van der Waals surface area contributed by atoms with Crippen LogP contribution in [0.1, 0.15) is 17.5 Å². The number of hydrogen-bond donors (Lipinski definition) is 3. The highest BCUT2D eigenvalue weighted by Crippen LogP contribution is 2.25. The van der Waals surface area contributed by atoms with Crippen molar-refractivity contribution in [3.8, 4) is 0 Å². The molecule has 0 atom stereocenters. The van der Waals surface area contributed by atoms with Crippen molar-refractivity contribution < 1.29 is 0 Å². The van der Waals surface area contributed by atoms with E-state index in [0.717, 1.165) is 61.7 Å². The number of rotatable bonds is 8. The van der Waals surface area contributed by atoms with E-state index in [1.54, 1.807) is 11.8 Å². The highest BCUT2D eigenvalue weighted by Gasteiger charge is 2.13. The molecule has 0 bridgehead atoms. The van der Waals surface area contributed by atoms with Crippen LogP contribution in [0.5, 0.6) is 0 Å². The second kappa shape index (κ2) is 16.7. The van der Waals surface area contributed by atoms with Crippen LogP contribution in [0.3, 0.4) is 0 Å². The van der Waals surface area contributed by atoms with Crippen molar-refractivity contribution in [3.05, 3.63) is 35.4 Å². The Hall–Kier alpha value is -0.870. The van der Waals surface area contributed by atoms with Crippen LogP contribution >= 0.6 is 61.4 Å². The van der Waals surface area contributed by atoms with Gasteiger partial charge >= 0.3 is 0 Å². The van der Waals surface area contributed by atoms with Crippen molar-refractivity contribution in [3.63, 3.8) is 0 Å². The number of hydrogen-bond acceptors (Lipinski definition) is 8. The molecule has 12 heteroatoms. The summed E-state index contributed by atoms with van der Waals surface area (Å²) in [4.78, 5) is 13.5. The predicted octanol–water partition coefficient (Wildman–Crippen LogP) is 3.37. The SMILES string of the molecule is CN(C)c1ccc(Cc2c(N)nc(SCCCN3CCNCC3)nc2N)cc1.Cl.Cl.Cl.Cl. The molecule has 0 radical (unpaired) electrons. The maximum absolute atomic E-state index is 6.20. The maximum Gasteiger partial charge on any atom is 0.191 e. The normalized spacial score (nSPS) is 13.1. The quantitative estimate of drug-likeness (QED) is 0.263. The lowest BCUT2D eigenvalue weighted by Crippen LogP contribution is -2.43. The first kappa shape index (κ1) is 33.3. The highest BCUT2D eigenvalue weighted by molar-refractivity contribution is 7.99. The number of aromatic nitrogens is 2. The first-order chi connectivity index (χ1) is 13.5. The van der Waals surface area contributed by atoms with Gasteiger partial charge < -0.3 is 26.6 Å². The van der Waals surface area contributed by atoms with E-state index >= 15 is 0 Å². The van der Waals surface area contributed by atoms with Crippen LogP contribution in [0, 0.1) is 0 Å². The topological polar surface area (TPSA) is 96.3 Å². The molecular weight excluding hydrogens is 512 g/mol. The molecule has 1 fully saturated rings. The van der Waals surface area contributed by atoms with Gasteiger partial charge in [0, 0.05) is 63.7 Å². The van der Waals surface area contributed by atoms with Gasteiger partial charge in [0.25, 0.3) is 0 Å². The largest absolute Gasteiger partial charge is 0.383 e. The number of nitrogens with one attached hydrogen (secondary N) is 1. The fourth-order valence-corrected chi connectivity index (χ4v) is 4.03. The Bertz CT molecular complexity index is 752. The predicted molar refractivity (Wildman–Crippen MR) is 148 cm³/mol. The number of thioether (sulfide) groups is 1. The van der Waals surface area contributed by atoms with Crippen molar-refractivity contribution in [1.82, 2.24) is 20.2 Å². The highest BCUT2D eigenvalue weighted by atomic mass is 35.5. The molecule has 0 aliphatic carbocycles. The number of piperazine rings is 1. The lowest BCUT2D eigenvalue weighted by Gasteiger charge is -2.26. The molecule has 3 rings (SSSR count). The van der Waals surface area contributed by atoms with Gasteiger partial charge in [-0.2, -0.15) is 0 Å². The van der Waals surface area contributed by atoms with Crippen molar-refractivity contribution >= 4 is 78.7 Å². The zero-order valence-corrected chi connectivity index (χ0v) is 22.5. The molecular formula is C20H35Cl4N7S. The summed E-state index contributed by atoms with van der Waals surface area (Å²) in [6.45, 7) is 5.54. The third kappa shape index (κ3) is 9.95. The second-order valence-electron chi connectivity index (χ2n) is 7.29. The van der Waals surface area contributed by atoms with E-state index in [1.807, 2.05) is 14.1 Å². The number of nitrogens with two attached hydrogens (primary N) is 2. The third-order valence-electron chi connectivity index (χ3n) is 4.94. The zero-order chi connectivity index (χ0) is 19.9. The summed E-state index contributed by atoms with van der Waals surface area (Å²) >= 11 is 1.63. The summed E-state index contributed by atoms with van der Waals surface area (Å²) in [5.74, 6) is 1.93. The van der Waals surface area contributed by atoms with E-state index in [2.05, 4.69) is 49.4 Å². The van der Waals surface area contributed by atoms with Crippen LogP contribution in [0.15, 0.2) is 29.4 Å². The van der Waals surface area contributed by atoms with Crippen molar-refractivity contribution in [2.75, 3.05) is 68.9 Å². The Morgan fingerprint density at radius 1 is 0.969 bits per heavy atom. The van der Waals surface area contributed by atoms with Crippen molar-refractivity contribution in [2.24, 2.45) is 0 Å². The van der Waals surface area contributed by atoms with Gasteiger partial charge in [-0.1, -0.05) is 23.9 Å². The van der Waals surface area contributed by atoms with Gasteiger partial charge in [-0.05, 0) is 30.7 Å². The van der Waals surface area contributed by atoms with E-state index in [4.69, 9.17) is 11.5 Å². The van der Waals surface area contributed by atoms with Crippen LogP contribution < -0.4 is 21.7 Å². The Morgan fingerprint density at radius 2 is 1.53 bits per heavy atom. The molecule has 0 saturated carbocycles. The van der Waals surface area contributed by atoms with Crippen LogP contribution in [0.2, 0.25) is 0 Å².